The number of nitrogens with one attached hydrogen (secondary N) is 1. The molecule has 40 heavy (non-hydrogen) atoms. The Bertz CT molecular complexity index is 1640. The van der Waals surface area contributed by atoms with Gasteiger partial charge < -0.3 is 14.2 Å². The van der Waals surface area contributed by atoms with Crippen molar-refractivity contribution in [1.82, 2.24) is 15.0 Å². The molecule has 1 aliphatic carbocycles. The lowest BCUT2D eigenvalue weighted by Crippen LogP contribution is -2.24. The van der Waals surface area contributed by atoms with Gasteiger partial charge in [0, 0.05) is 10.4 Å². The second kappa shape index (κ2) is 12.1. The van der Waals surface area contributed by atoms with Crippen LogP contribution < -0.4 is 25.2 Å². The maximum Gasteiger partial charge on any atom is 0.267 e. The summed E-state index contributed by atoms with van der Waals surface area (Å²) in [5.41, 5.74) is 5.68. The highest BCUT2D eigenvalue weighted by molar-refractivity contribution is 7.99. The Labute approximate surface area is 240 Å². The number of amides is 1. The first kappa shape index (κ1) is 27.7. The lowest BCUT2D eigenvalue weighted by molar-refractivity contribution is -0.118. The second-order valence-electron chi connectivity index (χ2n) is 9.09. The Kier molecular flexibility index (Phi) is 8.41. The molecule has 5 rings (SSSR count). The molecule has 0 spiro atoms. The molecule has 0 saturated carbocycles. The van der Waals surface area contributed by atoms with E-state index in [1.54, 1.807) is 49.2 Å². The van der Waals surface area contributed by atoms with Crippen LogP contribution in [0.25, 0.3) is 15.9 Å². The van der Waals surface area contributed by atoms with Crippen LogP contribution in [-0.4, -0.2) is 47.7 Å². The summed E-state index contributed by atoms with van der Waals surface area (Å²) in [6.07, 6.45) is 2.92. The Morgan fingerprint density at radius 1 is 1.12 bits per heavy atom. The van der Waals surface area contributed by atoms with E-state index in [9.17, 15) is 9.59 Å². The van der Waals surface area contributed by atoms with E-state index < -0.39 is 0 Å². The SMILES string of the molecule is CCOc1ccc(-n2c(SCC(=O)NN=C(C)c3ccc(OC)c(OC)c3)nc3sc4c(c3c2=O)CCC4)cc1. The van der Waals surface area contributed by atoms with E-state index in [4.69, 9.17) is 19.2 Å². The van der Waals surface area contributed by atoms with Gasteiger partial charge in [0.15, 0.2) is 16.7 Å². The number of carbonyl (C=O) groups is 1. The van der Waals surface area contributed by atoms with E-state index in [0.29, 0.717) is 40.0 Å². The molecule has 2 aromatic heterocycles. The van der Waals surface area contributed by atoms with Crippen molar-refractivity contribution in [3.63, 3.8) is 0 Å². The van der Waals surface area contributed by atoms with E-state index in [1.165, 1.54) is 16.6 Å². The normalized spacial score (nSPS) is 12.8. The van der Waals surface area contributed by atoms with Gasteiger partial charge in [-0.2, -0.15) is 5.10 Å². The fourth-order valence-corrected chi connectivity index (χ4v) is 6.75. The van der Waals surface area contributed by atoms with Crippen molar-refractivity contribution < 1.29 is 19.0 Å². The van der Waals surface area contributed by atoms with Crippen molar-refractivity contribution >= 4 is 44.9 Å². The zero-order chi connectivity index (χ0) is 28.2. The first-order valence-corrected chi connectivity index (χ1v) is 14.7. The average molecular weight is 579 g/mol. The van der Waals surface area contributed by atoms with Gasteiger partial charge in [-0.05, 0) is 81.1 Å². The quantitative estimate of drug-likeness (QED) is 0.122. The molecule has 0 radical (unpaired) electrons. The van der Waals surface area contributed by atoms with Crippen molar-refractivity contribution in [3.05, 3.63) is 68.8 Å². The van der Waals surface area contributed by atoms with E-state index in [2.05, 4.69) is 10.5 Å². The van der Waals surface area contributed by atoms with Gasteiger partial charge in [0.2, 0.25) is 0 Å². The molecular weight excluding hydrogens is 548 g/mol. The number of thiophene rings is 1. The number of fused-ring (bicyclic) bond motifs is 3. The van der Waals surface area contributed by atoms with Gasteiger partial charge in [0.05, 0.1) is 43.4 Å². The van der Waals surface area contributed by atoms with E-state index in [0.717, 1.165) is 41.0 Å². The third-order valence-electron chi connectivity index (χ3n) is 6.60. The molecule has 2 heterocycles. The highest BCUT2D eigenvalue weighted by Crippen LogP contribution is 2.36. The fraction of sp³-hybridized carbons (Fsp3) is 0.310. The summed E-state index contributed by atoms with van der Waals surface area (Å²) in [6.45, 7) is 4.27. The van der Waals surface area contributed by atoms with Gasteiger partial charge >= 0.3 is 0 Å². The van der Waals surface area contributed by atoms with E-state index >= 15 is 0 Å². The number of rotatable bonds is 10. The number of benzene rings is 2. The van der Waals surface area contributed by atoms with Crippen LogP contribution in [0.1, 0.15) is 36.3 Å². The summed E-state index contributed by atoms with van der Waals surface area (Å²) in [6, 6.07) is 12.8. The first-order chi connectivity index (χ1) is 19.4. The molecule has 0 unspecified atom stereocenters. The number of hydrogen-bond donors (Lipinski definition) is 1. The molecule has 1 aliphatic rings. The van der Waals surface area contributed by atoms with Crippen LogP contribution in [0.15, 0.2) is 57.5 Å². The Morgan fingerprint density at radius 2 is 1.90 bits per heavy atom. The minimum atomic E-state index is -0.314. The highest BCUT2D eigenvalue weighted by atomic mass is 32.2. The zero-order valence-corrected chi connectivity index (χ0v) is 24.4. The smallest absolute Gasteiger partial charge is 0.267 e. The molecule has 2 aromatic carbocycles. The summed E-state index contributed by atoms with van der Waals surface area (Å²) in [5, 5.41) is 5.40. The molecule has 0 bridgehead atoms. The monoisotopic (exact) mass is 578 g/mol. The molecular formula is C29H30N4O5S2. The number of methoxy groups -OCH3 is 2. The Balaban J connectivity index is 1.39. The van der Waals surface area contributed by atoms with Gasteiger partial charge in [-0.25, -0.2) is 10.4 Å². The van der Waals surface area contributed by atoms with Gasteiger partial charge in [-0.3, -0.25) is 14.2 Å². The van der Waals surface area contributed by atoms with E-state index in [-0.39, 0.29) is 17.2 Å². The minimum absolute atomic E-state index is 0.0305. The van der Waals surface area contributed by atoms with Gasteiger partial charge in [-0.15, -0.1) is 11.3 Å². The number of carbonyl (C=O) groups excluding carboxylic acids is 1. The number of nitrogens with zero attached hydrogens (tertiary/aromatic N) is 3. The van der Waals surface area contributed by atoms with Crippen molar-refractivity contribution in [3.8, 4) is 22.9 Å². The molecule has 0 saturated heterocycles. The highest BCUT2D eigenvalue weighted by Gasteiger charge is 2.24. The van der Waals surface area contributed by atoms with Crippen LogP contribution in [0.2, 0.25) is 0 Å². The number of hydrazone groups is 1. The Morgan fingerprint density at radius 3 is 2.62 bits per heavy atom. The van der Waals surface area contributed by atoms with Crippen molar-refractivity contribution in [2.24, 2.45) is 5.10 Å². The lowest BCUT2D eigenvalue weighted by atomic mass is 10.1. The summed E-state index contributed by atoms with van der Waals surface area (Å²) in [5.74, 6) is 1.62. The number of thioether (sulfide) groups is 1. The predicted octanol–water partition coefficient (Wildman–Crippen LogP) is 4.98. The van der Waals surface area contributed by atoms with Crippen LogP contribution >= 0.6 is 23.1 Å². The Hall–Kier alpha value is -3.83. The molecule has 0 aliphatic heterocycles. The van der Waals surface area contributed by atoms with Gasteiger partial charge in [0.25, 0.3) is 11.5 Å². The number of aromatic nitrogens is 2. The summed E-state index contributed by atoms with van der Waals surface area (Å²) in [7, 11) is 3.14. The topological polar surface area (TPSA) is 104 Å². The first-order valence-electron chi connectivity index (χ1n) is 12.9. The summed E-state index contributed by atoms with van der Waals surface area (Å²) in [4.78, 5) is 33.4. The molecule has 0 fully saturated rings. The van der Waals surface area contributed by atoms with Crippen molar-refractivity contribution in [2.75, 3.05) is 26.6 Å². The van der Waals surface area contributed by atoms with E-state index in [1.807, 2.05) is 37.3 Å². The van der Waals surface area contributed by atoms with Crippen LogP contribution in [0.4, 0.5) is 0 Å². The average Bonchev–Trinajstić information content (AvgIpc) is 3.56. The largest absolute Gasteiger partial charge is 0.494 e. The predicted molar refractivity (Wildman–Crippen MR) is 159 cm³/mol. The number of hydrogen-bond acceptors (Lipinski definition) is 9. The van der Waals surface area contributed by atoms with Crippen LogP contribution in [0, 0.1) is 0 Å². The number of ether oxygens (including phenoxy) is 3. The van der Waals surface area contributed by atoms with Crippen LogP contribution in [0.3, 0.4) is 0 Å². The molecule has 208 valence electrons. The van der Waals surface area contributed by atoms with Crippen molar-refractivity contribution in [1.29, 1.82) is 0 Å². The lowest BCUT2D eigenvalue weighted by Gasteiger charge is -2.13. The summed E-state index contributed by atoms with van der Waals surface area (Å²) < 4.78 is 17.8. The molecule has 11 heteroatoms. The van der Waals surface area contributed by atoms with Crippen LogP contribution in [0.5, 0.6) is 17.2 Å². The number of aryl methyl sites for hydroxylation is 2. The van der Waals surface area contributed by atoms with Crippen molar-refractivity contribution in [2.45, 2.75) is 38.3 Å². The van der Waals surface area contributed by atoms with Crippen LogP contribution in [-0.2, 0) is 17.6 Å². The fourth-order valence-electron chi connectivity index (χ4n) is 4.64. The third-order valence-corrected chi connectivity index (χ3v) is 8.72. The maximum absolute atomic E-state index is 13.8. The summed E-state index contributed by atoms with van der Waals surface area (Å²) >= 11 is 2.78. The standard InChI is InChI=1S/C29H30N4O5S2/c1-5-38-20-12-10-19(11-13-20)33-28(35)26-21-7-6-8-24(21)40-27(26)30-29(33)39-16-25(34)32-31-17(2)18-9-14-22(36-3)23(15-18)37-4/h9-15H,5-8,16H2,1-4H3,(H,32,34). The molecule has 0 atom stereocenters. The maximum atomic E-state index is 13.8. The molecule has 1 N–H and O–H groups in total. The molecule has 9 nitrogen and oxygen atoms in total. The third kappa shape index (κ3) is 5.57. The second-order valence-corrected chi connectivity index (χ2v) is 11.1. The van der Waals surface area contributed by atoms with Gasteiger partial charge in [-0.1, -0.05) is 11.8 Å². The molecule has 4 aromatic rings. The molecule has 1 amide bonds. The van der Waals surface area contributed by atoms with Gasteiger partial charge in [0.1, 0.15) is 10.6 Å². The zero-order valence-electron chi connectivity index (χ0n) is 22.8. The minimum Gasteiger partial charge on any atom is -0.494 e.